The number of nitrogens with one attached hydrogen (secondary N) is 1. The Morgan fingerprint density at radius 3 is 3.31 bits per heavy atom. The van der Waals surface area contributed by atoms with Crippen LogP contribution < -0.4 is 5.32 Å². The maximum Gasteiger partial charge on any atom is 0.158 e. The summed E-state index contributed by atoms with van der Waals surface area (Å²) >= 11 is 3.90. The molecule has 16 heavy (non-hydrogen) atoms. The lowest BCUT2D eigenvalue weighted by molar-refractivity contribution is 0.422. The van der Waals surface area contributed by atoms with Gasteiger partial charge in [0.25, 0.3) is 0 Å². The highest BCUT2D eigenvalue weighted by Gasteiger charge is 2.18. The highest BCUT2D eigenvalue weighted by molar-refractivity contribution is 8.13. The highest BCUT2D eigenvalue weighted by atomic mass is 32.2. The monoisotopic (exact) mass is 259 g/mol. The lowest BCUT2D eigenvalue weighted by atomic mass is 10.1. The van der Waals surface area contributed by atoms with Gasteiger partial charge in [0.1, 0.15) is 0 Å². The fraction of sp³-hybridized carbons (Fsp3) is 0.909. The lowest BCUT2D eigenvalue weighted by Crippen LogP contribution is -2.30. The first-order valence-electron chi connectivity index (χ1n) is 6.12. The van der Waals surface area contributed by atoms with Crippen molar-refractivity contribution in [3.63, 3.8) is 0 Å². The second-order valence-electron chi connectivity index (χ2n) is 4.33. The molecule has 0 saturated carbocycles. The number of thioether (sulfide) groups is 2. The van der Waals surface area contributed by atoms with Gasteiger partial charge >= 0.3 is 0 Å². The Labute approximate surface area is 107 Å². The summed E-state index contributed by atoms with van der Waals surface area (Å²) < 4.78 is 0. The van der Waals surface area contributed by atoms with E-state index in [1.807, 2.05) is 23.5 Å². The van der Waals surface area contributed by atoms with E-state index in [2.05, 4.69) is 22.1 Å². The van der Waals surface area contributed by atoms with Crippen LogP contribution in [0.2, 0.25) is 0 Å². The van der Waals surface area contributed by atoms with Crippen molar-refractivity contribution in [2.24, 2.45) is 4.99 Å². The molecular formula is C11H21N3S2. The van der Waals surface area contributed by atoms with E-state index in [1.54, 1.807) is 0 Å². The normalized spacial score (nSPS) is 25.8. The number of aliphatic imine (C=N–C) groups is 1. The molecule has 0 aliphatic carbocycles. The summed E-state index contributed by atoms with van der Waals surface area (Å²) in [6.07, 6.45) is 3.86. The number of hydrogen-bond acceptors (Lipinski definition) is 5. The SMILES string of the molecule is CCCCC1CN=C(SCN2CCSC2)N1. The van der Waals surface area contributed by atoms with Crippen molar-refractivity contribution in [2.45, 2.75) is 32.2 Å². The minimum atomic E-state index is 0.607. The van der Waals surface area contributed by atoms with Gasteiger partial charge in [-0.1, -0.05) is 31.5 Å². The Morgan fingerprint density at radius 2 is 2.56 bits per heavy atom. The van der Waals surface area contributed by atoms with Gasteiger partial charge in [-0.05, 0) is 6.42 Å². The molecule has 0 spiro atoms. The van der Waals surface area contributed by atoms with Crippen LogP contribution in [0.5, 0.6) is 0 Å². The molecule has 5 heteroatoms. The van der Waals surface area contributed by atoms with Gasteiger partial charge < -0.3 is 5.32 Å². The fourth-order valence-corrected chi connectivity index (χ4v) is 3.92. The van der Waals surface area contributed by atoms with Crippen molar-refractivity contribution in [3.8, 4) is 0 Å². The molecule has 2 rings (SSSR count). The molecule has 1 saturated heterocycles. The van der Waals surface area contributed by atoms with Gasteiger partial charge in [-0.2, -0.15) is 0 Å². The first kappa shape index (κ1) is 12.6. The van der Waals surface area contributed by atoms with E-state index in [4.69, 9.17) is 0 Å². The van der Waals surface area contributed by atoms with Crippen LogP contribution in [0, 0.1) is 0 Å². The average Bonchev–Trinajstić information content (AvgIpc) is 2.95. The minimum Gasteiger partial charge on any atom is -0.360 e. The highest BCUT2D eigenvalue weighted by Crippen LogP contribution is 2.18. The lowest BCUT2D eigenvalue weighted by Gasteiger charge is -2.14. The number of unbranched alkanes of at least 4 members (excludes halogenated alkanes) is 1. The van der Waals surface area contributed by atoms with E-state index in [-0.39, 0.29) is 0 Å². The summed E-state index contributed by atoms with van der Waals surface area (Å²) in [5.74, 6) is 3.58. The Hall–Kier alpha value is 0.130. The quantitative estimate of drug-likeness (QED) is 0.819. The second kappa shape index (κ2) is 6.77. The molecule has 3 nitrogen and oxygen atoms in total. The third-order valence-corrected chi connectivity index (χ3v) is 4.93. The molecular weight excluding hydrogens is 238 g/mol. The van der Waals surface area contributed by atoms with Gasteiger partial charge in [-0.25, -0.2) is 0 Å². The smallest absolute Gasteiger partial charge is 0.158 e. The van der Waals surface area contributed by atoms with Crippen molar-refractivity contribution < 1.29 is 0 Å². The first-order valence-corrected chi connectivity index (χ1v) is 8.26. The summed E-state index contributed by atoms with van der Waals surface area (Å²) in [5.41, 5.74) is 0. The number of nitrogens with zero attached hydrogens (tertiary/aromatic N) is 2. The van der Waals surface area contributed by atoms with Crippen LogP contribution >= 0.6 is 23.5 Å². The van der Waals surface area contributed by atoms with Crippen LogP contribution in [-0.2, 0) is 0 Å². The van der Waals surface area contributed by atoms with Gasteiger partial charge in [0.15, 0.2) is 5.17 Å². The van der Waals surface area contributed by atoms with Gasteiger partial charge in [-0.15, -0.1) is 11.8 Å². The maximum absolute atomic E-state index is 4.57. The van der Waals surface area contributed by atoms with Crippen LogP contribution in [0.3, 0.4) is 0 Å². The Morgan fingerprint density at radius 1 is 1.62 bits per heavy atom. The molecule has 92 valence electrons. The van der Waals surface area contributed by atoms with Crippen molar-refractivity contribution in [1.82, 2.24) is 10.2 Å². The second-order valence-corrected chi connectivity index (χ2v) is 6.34. The Bertz CT molecular complexity index is 239. The summed E-state index contributed by atoms with van der Waals surface area (Å²) in [4.78, 5) is 7.05. The number of rotatable bonds is 5. The predicted molar refractivity (Wildman–Crippen MR) is 75.2 cm³/mol. The summed E-state index contributed by atoms with van der Waals surface area (Å²) in [7, 11) is 0. The molecule has 0 aromatic rings. The van der Waals surface area contributed by atoms with Crippen LogP contribution in [-0.4, -0.2) is 46.7 Å². The van der Waals surface area contributed by atoms with Gasteiger partial charge in [0, 0.05) is 24.2 Å². The van der Waals surface area contributed by atoms with Crippen LogP contribution in [0.15, 0.2) is 4.99 Å². The summed E-state index contributed by atoms with van der Waals surface area (Å²) in [6, 6.07) is 0.607. The number of amidine groups is 1. The molecule has 1 fully saturated rings. The van der Waals surface area contributed by atoms with Crippen molar-refractivity contribution in [1.29, 1.82) is 0 Å². The van der Waals surface area contributed by atoms with Crippen LogP contribution in [0.1, 0.15) is 26.2 Å². The molecule has 2 aliphatic heterocycles. The molecule has 0 aromatic heterocycles. The van der Waals surface area contributed by atoms with Gasteiger partial charge in [0.2, 0.25) is 0 Å². The van der Waals surface area contributed by atoms with E-state index in [0.717, 1.165) is 17.6 Å². The molecule has 2 heterocycles. The molecule has 1 atom stereocenters. The molecule has 1 N–H and O–H groups in total. The molecule has 0 radical (unpaired) electrons. The summed E-state index contributed by atoms with van der Waals surface area (Å²) in [6.45, 7) is 4.47. The van der Waals surface area contributed by atoms with E-state index in [9.17, 15) is 0 Å². The molecule has 1 unspecified atom stereocenters. The van der Waals surface area contributed by atoms with E-state index < -0.39 is 0 Å². The summed E-state index contributed by atoms with van der Waals surface area (Å²) in [5, 5.41) is 4.69. The molecule has 0 amide bonds. The largest absolute Gasteiger partial charge is 0.360 e. The topological polar surface area (TPSA) is 27.6 Å². The third kappa shape index (κ3) is 3.86. The fourth-order valence-electron chi connectivity index (χ4n) is 1.87. The first-order chi connectivity index (χ1) is 7.88. The maximum atomic E-state index is 4.57. The van der Waals surface area contributed by atoms with Crippen molar-refractivity contribution >= 4 is 28.7 Å². The zero-order chi connectivity index (χ0) is 11.2. The van der Waals surface area contributed by atoms with E-state index in [0.29, 0.717) is 6.04 Å². The molecule has 0 bridgehead atoms. The molecule has 2 aliphatic rings. The number of hydrogen-bond donors (Lipinski definition) is 1. The van der Waals surface area contributed by atoms with Crippen molar-refractivity contribution in [3.05, 3.63) is 0 Å². The minimum absolute atomic E-state index is 0.607. The van der Waals surface area contributed by atoms with Gasteiger partial charge in [-0.3, -0.25) is 9.89 Å². The standard InChI is InChI=1S/C11H21N3S2/c1-2-3-4-10-7-12-11(13-10)16-9-14-5-6-15-8-14/h10H,2-9H2,1H3,(H,12,13). The van der Waals surface area contributed by atoms with Gasteiger partial charge in [0.05, 0.1) is 12.4 Å². The predicted octanol–water partition coefficient (Wildman–Crippen LogP) is 2.20. The Kier molecular flexibility index (Phi) is 5.32. The van der Waals surface area contributed by atoms with Crippen molar-refractivity contribution in [2.75, 3.05) is 30.6 Å². The average molecular weight is 259 g/mol. The van der Waals surface area contributed by atoms with Crippen LogP contribution in [0.4, 0.5) is 0 Å². The van der Waals surface area contributed by atoms with E-state index >= 15 is 0 Å². The molecule has 0 aromatic carbocycles. The zero-order valence-electron chi connectivity index (χ0n) is 9.95. The van der Waals surface area contributed by atoms with Crippen LogP contribution in [0.25, 0.3) is 0 Å². The Balaban J connectivity index is 1.60. The van der Waals surface area contributed by atoms with E-state index in [1.165, 1.54) is 37.4 Å². The zero-order valence-corrected chi connectivity index (χ0v) is 11.6. The third-order valence-electron chi connectivity index (χ3n) is 2.90.